The predicted octanol–water partition coefficient (Wildman–Crippen LogP) is 4.60. The van der Waals surface area contributed by atoms with Gasteiger partial charge in [-0.3, -0.25) is 9.88 Å². The van der Waals surface area contributed by atoms with Gasteiger partial charge in [0, 0.05) is 57.1 Å². The molecule has 1 aromatic heterocycles. The van der Waals surface area contributed by atoms with Gasteiger partial charge in [-0.25, -0.2) is 9.59 Å². The van der Waals surface area contributed by atoms with Crippen molar-refractivity contribution < 1.29 is 23.8 Å². The van der Waals surface area contributed by atoms with E-state index in [4.69, 9.17) is 36.5 Å². The number of likely N-dealkylation sites (N-methyl/N-ethyl adjacent to an activating group) is 1. The summed E-state index contributed by atoms with van der Waals surface area (Å²) < 4.78 is 16.7. The van der Waals surface area contributed by atoms with Crippen molar-refractivity contribution in [3.8, 4) is 0 Å². The van der Waals surface area contributed by atoms with E-state index in [1.807, 2.05) is 43.5 Å². The average molecular weight is 649 g/mol. The first-order valence-corrected chi connectivity index (χ1v) is 16.2. The molecule has 46 heavy (non-hydrogen) atoms. The predicted molar refractivity (Wildman–Crippen MR) is 175 cm³/mol. The number of carbonyl (C=O) groups excluding carboxylic acids is 2. The molecule has 0 radical (unpaired) electrons. The molecule has 0 spiro atoms. The molecule has 1 aromatic carbocycles. The van der Waals surface area contributed by atoms with E-state index in [0.717, 1.165) is 47.2 Å². The average Bonchev–Trinajstić information content (AvgIpc) is 3.79. The number of hydrogen-bond donors (Lipinski definition) is 2. The number of halogens is 1. The molecule has 244 valence electrons. The van der Waals surface area contributed by atoms with Gasteiger partial charge in [-0.2, -0.15) is 0 Å². The molecule has 3 fully saturated rings. The van der Waals surface area contributed by atoms with Crippen molar-refractivity contribution in [3.63, 3.8) is 0 Å². The normalized spacial score (nSPS) is 22.1. The van der Waals surface area contributed by atoms with Crippen molar-refractivity contribution in [2.45, 2.75) is 37.5 Å². The van der Waals surface area contributed by atoms with Crippen LogP contribution in [0.2, 0.25) is 5.02 Å². The van der Waals surface area contributed by atoms with Crippen LogP contribution in [0.25, 0.3) is 11.6 Å². The summed E-state index contributed by atoms with van der Waals surface area (Å²) in [7, 11) is 1.83. The van der Waals surface area contributed by atoms with E-state index in [-0.39, 0.29) is 18.2 Å². The van der Waals surface area contributed by atoms with Crippen LogP contribution in [0.1, 0.15) is 47.7 Å². The molecule has 2 aromatic rings. The Kier molecular flexibility index (Phi) is 9.81. The topological polar surface area (TPSA) is 122 Å². The van der Waals surface area contributed by atoms with E-state index in [9.17, 15) is 9.59 Å². The molecule has 2 amide bonds. The first kappa shape index (κ1) is 31.9. The summed E-state index contributed by atoms with van der Waals surface area (Å²) in [6.45, 7) is 7.60. The maximum absolute atomic E-state index is 13.2. The number of nitrogens with zero attached hydrogens (tertiary/aromatic N) is 4. The summed E-state index contributed by atoms with van der Waals surface area (Å²) in [5.41, 5.74) is 11.2. The zero-order chi connectivity index (χ0) is 32.2. The minimum Gasteiger partial charge on any atom is -0.449 e. The minimum atomic E-state index is -0.699. The molecule has 11 nitrogen and oxygen atoms in total. The fraction of sp³-hybridized carbons (Fsp3) is 0.441. The third kappa shape index (κ3) is 7.01. The van der Waals surface area contributed by atoms with E-state index in [1.54, 1.807) is 22.2 Å². The van der Waals surface area contributed by atoms with Gasteiger partial charge in [0.25, 0.3) is 0 Å². The van der Waals surface area contributed by atoms with E-state index >= 15 is 0 Å². The van der Waals surface area contributed by atoms with E-state index in [1.165, 1.54) is 6.20 Å². The van der Waals surface area contributed by atoms with Crippen LogP contribution in [0.5, 0.6) is 0 Å². The van der Waals surface area contributed by atoms with Crippen molar-refractivity contribution in [2.24, 2.45) is 11.7 Å². The Balaban J connectivity index is 1.35. The second kappa shape index (κ2) is 14.1. The molecule has 0 unspecified atom stereocenters. The van der Waals surface area contributed by atoms with Gasteiger partial charge in [0.05, 0.1) is 43.3 Å². The van der Waals surface area contributed by atoms with Gasteiger partial charge < -0.3 is 35.1 Å². The van der Waals surface area contributed by atoms with Gasteiger partial charge in [0.2, 0.25) is 0 Å². The number of nitrogens with one attached hydrogen (secondary N) is 1. The smallest absolute Gasteiger partial charge is 0.410 e. The van der Waals surface area contributed by atoms with Crippen LogP contribution in [0.4, 0.5) is 9.59 Å². The van der Waals surface area contributed by atoms with Crippen LogP contribution in [-0.2, 0) is 14.2 Å². The molecule has 2 aliphatic heterocycles. The number of amides is 2. The third-order valence-corrected chi connectivity index (χ3v) is 9.26. The van der Waals surface area contributed by atoms with Crippen molar-refractivity contribution in [1.82, 2.24) is 25.0 Å². The molecule has 4 aliphatic rings. The second-order valence-electron chi connectivity index (χ2n) is 12.1. The fourth-order valence-corrected chi connectivity index (χ4v) is 6.43. The van der Waals surface area contributed by atoms with Crippen molar-refractivity contribution in [3.05, 3.63) is 88.6 Å². The summed E-state index contributed by atoms with van der Waals surface area (Å²) in [6.07, 6.45) is 8.78. The van der Waals surface area contributed by atoms with Gasteiger partial charge >= 0.3 is 12.2 Å². The third-order valence-electron chi connectivity index (χ3n) is 9.02. The number of aromatic nitrogens is 1. The zero-order valence-electron chi connectivity index (χ0n) is 26.1. The van der Waals surface area contributed by atoms with Crippen LogP contribution in [0.15, 0.2) is 61.2 Å². The maximum Gasteiger partial charge on any atom is 0.410 e. The van der Waals surface area contributed by atoms with Gasteiger partial charge in [-0.05, 0) is 71.5 Å². The number of pyridine rings is 1. The number of rotatable bonds is 9. The fourth-order valence-electron chi connectivity index (χ4n) is 6.26. The lowest BCUT2D eigenvalue weighted by Gasteiger charge is -2.39. The van der Waals surface area contributed by atoms with E-state index in [0.29, 0.717) is 62.6 Å². The Morgan fingerprint density at radius 3 is 2.74 bits per heavy atom. The zero-order valence-corrected chi connectivity index (χ0v) is 26.8. The van der Waals surface area contributed by atoms with Crippen LogP contribution in [-0.4, -0.2) is 97.1 Å². The highest BCUT2D eigenvalue weighted by Gasteiger charge is 2.37. The minimum absolute atomic E-state index is 0.190. The quantitative estimate of drug-likeness (QED) is 0.402. The van der Waals surface area contributed by atoms with Crippen molar-refractivity contribution >= 4 is 35.4 Å². The second-order valence-corrected chi connectivity index (χ2v) is 12.5. The summed E-state index contributed by atoms with van der Waals surface area (Å²) in [4.78, 5) is 36.9. The Bertz CT molecular complexity index is 1510. The number of hydrogen-bond acceptors (Lipinski definition) is 9. The largest absolute Gasteiger partial charge is 0.449 e. The Hall–Kier alpha value is -4.06. The van der Waals surface area contributed by atoms with Crippen molar-refractivity contribution in [2.75, 3.05) is 53.0 Å². The van der Waals surface area contributed by atoms with Crippen LogP contribution >= 0.6 is 11.6 Å². The number of benzene rings is 1. The van der Waals surface area contributed by atoms with Gasteiger partial charge in [0.15, 0.2) is 0 Å². The highest BCUT2D eigenvalue weighted by Crippen LogP contribution is 2.42. The number of carbonyl (C=O) groups is 2. The summed E-state index contributed by atoms with van der Waals surface area (Å²) in [6, 6.07) is 8.79. The highest BCUT2D eigenvalue weighted by molar-refractivity contribution is 6.30. The standard InChI is InChI=1S/C34H41ClN6O5/c1-3-39(2)29(19-36)31(38-33(42)45-20-22-6-7-22)28-17-23-5-4-11-37-30(23)32(26-9-8-24(35)18-27(26)28)40-12-14-41(15-13-40)34(43)46-25-10-16-44-21-25/h3-5,8-9,11,17-19,22,25,31-32H,1,6-7,10,12-16,20-21,36H2,2H3,(H,38,42)/b29-19-/t25-,31-,32+/m1/s1. The molecule has 2 aliphatic carbocycles. The summed E-state index contributed by atoms with van der Waals surface area (Å²) in [5, 5.41) is 3.64. The van der Waals surface area contributed by atoms with Gasteiger partial charge in [0.1, 0.15) is 6.10 Å². The molecular weight excluding hydrogens is 608 g/mol. The SMILES string of the molecule is C=CN(C)/C(=C\N)[C@H](NC(=O)OCC1CC1)C1=Cc2cccnc2[C@@H](N2CCN(C(=O)O[C@@H]3CCOC3)CC2)c2ccc(Cl)cc21. The molecule has 3 heterocycles. The Labute approximate surface area is 274 Å². The first-order valence-electron chi connectivity index (χ1n) is 15.8. The van der Waals surface area contributed by atoms with E-state index < -0.39 is 12.1 Å². The monoisotopic (exact) mass is 648 g/mol. The van der Waals surface area contributed by atoms with Crippen LogP contribution in [0.3, 0.4) is 0 Å². The van der Waals surface area contributed by atoms with Crippen molar-refractivity contribution in [1.29, 1.82) is 0 Å². The molecule has 2 saturated heterocycles. The van der Waals surface area contributed by atoms with Crippen LogP contribution in [0, 0.1) is 5.92 Å². The van der Waals surface area contributed by atoms with Crippen LogP contribution < -0.4 is 11.1 Å². The molecule has 3 atom stereocenters. The number of piperazine rings is 1. The summed E-state index contributed by atoms with van der Waals surface area (Å²) >= 11 is 6.67. The van der Waals surface area contributed by atoms with Gasteiger partial charge in [-0.1, -0.05) is 30.3 Å². The lowest BCUT2D eigenvalue weighted by Crippen LogP contribution is -2.50. The molecular formula is C34H41ClN6O5. The Morgan fingerprint density at radius 1 is 1.24 bits per heavy atom. The molecule has 0 bridgehead atoms. The van der Waals surface area contributed by atoms with E-state index in [2.05, 4.69) is 16.8 Å². The maximum atomic E-state index is 13.2. The lowest BCUT2D eigenvalue weighted by molar-refractivity contribution is 0.0366. The highest BCUT2D eigenvalue weighted by atomic mass is 35.5. The summed E-state index contributed by atoms with van der Waals surface area (Å²) in [5.74, 6) is 0.416. The molecule has 12 heteroatoms. The lowest BCUT2D eigenvalue weighted by atomic mass is 9.89. The first-order chi connectivity index (χ1) is 22.4. The number of alkyl carbamates (subject to hydrolysis) is 1. The molecule has 6 rings (SSSR count). The number of fused-ring (bicyclic) bond motifs is 2. The van der Waals surface area contributed by atoms with Gasteiger partial charge in [-0.15, -0.1) is 0 Å². The number of ether oxygens (including phenoxy) is 3. The Morgan fingerprint density at radius 2 is 2.04 bits per heavy atom. The number of nitrogens with two attached hydrogens (primary N) is 1. The molecule has 1 saturated carbocycles. The molecule has 3 N–H and O–H groups in total.